The van der Waals surface area contributed by atoms with E-state index >= 15 is 0 Å². The van der Waals surface area contributed by atoms with Crippen molar-refractivity contribution in [2.75, 3.05) is 32.7 Å². The third kappa shape index (κ3) is 3.63. The third-order valence-electron chi connectivity index (χ3n) is 3.48. The summed E-state index contributed by atoms with van der Waals surface area (Å²) in [6, 6.07) is 4.26. The second-order valence-corrected chi connectivity index (χ2v) is 4.99. The van der Waals surface area contributed by atoms with Crippen molar-refractivity contribution < 1.29 is 24.9 Å². The summed E-state index contributed by atoms with van der Waals surface area (Å²) in [5.74, 6) is -2.00. The summed E-state index contributed by atoms with van der Waals surface area (Å²) in [6.45, 7) is 1.92. The monoisotopic (exact) mass is 294 g/mol. The molecule has 0 unspecified atom stereocenters. The molecule has 0 atom stereocenters. The van der Waals surface area contributed by atoms with Crippen LogP contribution in [0.5, 0.6) is 11.5 Å². The lowest BCUT2D eigenvalue weighted by Gasteiger charge is -2.21. The molecule has 21 heavy (non-hydrogen) atoms. The highest BCUT2D eigenvalue weighted by Gasteiger charge is 2.23. The number of carboxylic acids is 1. The minimum atomic E-state index is -0.889. The fourth-order valence-electron chi connectivity index (χ4n) is 2.40. The third-order valence-corrected chi connectivity index (χ3v) is 3.48. The van der Waals surface area contributed by atoms with Crippen LogP contribution in [0.25, 0.3) is 0 Å². The molecule has 1 aliphatic rings. The maximum Gasteiger partial charge on any atom is 0.317 e. The SMILES string of the molecule is O=C(O)CN1CCCN(C(=O)c2cccc(O)c2O)CC1. The molecule has 1 saturated heterocycles. The molecule has 2 rings (SSSR count). The quantitative estimate of drug-likeness (QED) is 0.695. The minimum Gasteiger partial charge on any atom is -0.504 e. The first kappa shape index (κ1) is 15.1. The standard InChI is InChI=1S/C14H18N2O5/c17-11-4-1-3-10(13(11)20)14(21)16-6-2-5-15(7-8-16)9-12(18)19/h1,3-4,17,20H,2,5-9H2,(H,18,19). The Hall–Kier alpha value is -2.28. The molecule has 1 fully saturated rings. The van der Waals surface area contributed by atoms with Gasteiger partial charge in [-0.1, -0.05) is 6.07 Å². The average Bonchev–Trinajstić information content (AvgIpc) is 2.66. The van der Waals surface area contributed by atoms with Gasteiger partial charge in [-0.15, -0.1) is 0 Å². The van der Waals surface area contributed by atoms with Crippen LogP contribution in [0.3, 0.4) is 0 Å². The highest BCUT2D eigenvalue weighted by Crippen LogP contribution is 2.29. The summed E-state index contributed by atoms with van der Waals surface area (Å²) in [5, 5.41) is 28.0. The van der Waals surface area contributed by atoms with E-state index in [-0.39, 0.29) is 23.8 Å². The van der Waals surface area contributed by atoms with Crippen molar-refractivity contribution in [3.8, 4) is 11.5 Å². The molecule has 1 amide bonds. The number of carbonyl (C=O) groups excluding carboxylic acids is 1. The van der Waals surface area contributed by atoms with Gasteiger partial charge < -0.3 is 20.2 Å². The largest absolute Gasteiger partial charge is 0.504 e. The second kappa shape index (κ2) is 6.45. The molecule has 0 spiro atoms. The number of phenolic OH excluding ortho intramolecular Hbond substituents is 2. The average molecular weight is 294 g/mol. The van der Waals surface area contributed by atoms with Gasteiger partial charge in [0.1, 0.15) is 0 Å². The molecule has 1 heterocycles. The predicted molar refractivity (Wildman–Crippen MR) is 74.4 cm³/mol. The van der Waals surface area contributed by atoms with E-state index in [0.717, 1.165) is 0 Å². The molecular weight excluding hydrogens is 276 g/mol. The predicted octanol–water partition coefficient (Wildman–Crippen LogP) is 0.330. The lowest BCUT2D eigenvalue weighted by Crippen LogP contribution is -2.36. The number of para-hydroxylation sites is 1. The molecule has 114 valence electrons. The van der Waals surface area contributed by atoms with Crippen LogP contribution in [0.2, 0.25) is 0 Å². The zero-order valence-electron chi connectivity index (χ0n) is 11.5. The first-order valence-electron chi connectivity index (χ1n) is 6.73. The van der Waals surface area contributed by atoms with E-state index in [1.54, 1.807) is 9.80 Å². The molecule has 3 N–H and O–H groups in total. The van der Waals surface area contributed by atoms with E-state index in [1.165, 1.54) is 18.2 Å². The lowest BCUT2D eigenvalue weighted by molar-refractivity contribution is -0.138. The number of nitrogens with zero attached hydrogens (tertiary/aromatic N) is 2. The number of aromatic hydroxyl groups is 2. The zero-order chi connectivity index (χ0) is 15.4. The van der Waals surface area contributed by atoms with Gasteiger partial charge in [-0.25, -0.2) is 0 Å². The summed E-state index contributed by atoms with van der Waals surface area (Å²) in [5.41, 5.74) is 0.0571. The Morgan fingerprint density at radius 2 is 1.86 bits per heavy atom. The molecule has 0 radical (unpaired) electrons. The second-order valence-electron chi connectivity index (χ2n) is 4.99. The Kier molecular flexibility index (Phi) is 4.64. The van der Waals surface area contributed by atoms with Gasteiger partial charge >= 0.3 is 5.97 Å². The van der Waals surface area contributed by atoms with E-state index in [9.17, 15) is 19.8 Å². The summed E-state index contributed by atoms with van der Waals surface area (Å²) in [7, 11) is 0. The smallest absolute Gasteiger partial charge is 0.317 e. The number of rotatable bonds is 3. The molecule has 0 aliphatic carbocycles. The van der Waals surface area contributed by atoms with E-state index < -0.39 is 11.7 Å². The van der Waals surface area contributed by atoms with Crippen molar-refractivity contribution in [2.45, 2.75) is 6.42 Å². The van der Waals surface area contributed by atoms with Crippen LogP contribution in [0.4, 0.5) is 0 Å². The molecule has 0 saturated carbocycles. The van der Waals surface area contributed by atoms with Crippen molar-refractivity contribution in [2.24, 2.45) is 0 Å². The summed E-state index contributed by atoms with van der Waals surface area (Å²) in [6.07, 6.45) is 0.665. The Balaban J connectivity index is 2.06. The van der Waals surface area contributed by atoms with Gasteiger partial charge in [0.15, 0.2) is 11.5 Å². The number of carbonyl (C=O) groups is 2. The number of amides is 1. The summed E-state index contributed by atoms with van der Waals surface area (Å²) in [4.78, 5) is 26.4. The minimum absolute atomic E-state index is 0.0423. The van der Waals surface area contributed by atoms with Gasteiger partial charge in [0, 0.05) is 26.2 Å². The molecule has 7 heteroatoms. The van der Waals surface area contributed by atoms with Crippen LogP contribution in [-0.2, 0) is 4.79 Å². The topological polar surface area (TPSA) is 101 Å². The van der Waals surface area contributed by atoms with Gasteiger partial charge in [-0.2, -0.15) is 0 Å². The fourth-order valence-corrected chi connectivity index (χ4v) is 2.40. The van der Waals surface area contributed by atoms with Gasteiger partial charge in [-0.3, -0.25) is 14.5 Å². The zero-order valence-corrected chi connectivity index (χ0v) is 11.5. The first-order chi connectivity index (χ1) is 9.99. The van der Waals surface area contributed by atoms with Gasteiger partial charge in [0.25, 0.3) is 5.91 Å². The Morgan fingerprint density at radius 3 is 2.57 bits per heavy atom. The van der Waals surface area contributed by atoms with E-state index in [0.29, 0.717) is 32.6 Å². The number of aliphatic carboxylic acids is 1. The van der Waals surface area contributed by atoms with Crippen molar-refractivity contribution in [3.63, 3.8) is 0 Å². The van der Waals surface area contributed by atoms with Crippen LogP contribution in [0, 0.1) is 0 Å². The maximum absolute atomic E-state index is 12.4. The lowest BCUT2D eigenvalue weighted by atomic mass is 10.1. The Morgan fingerprint density at radius 1 is 1.10 bits per heavy atom. The molecule has 0 bridgehead atoms. The van der Waals surface area contributed by atoms with Gasteiger partial charge in [-0.05, 0) is 18.6 Å². The fraction of sp³-hybridized carbons (Fsp3) is 0.429. The van der Waals surface area contributed by atoms with E-state index in [4.69, 9.17) is 5.11 Å². The number of hydrogen-bond donors (Lipinski definition) is 3. The number of phenols is 2. The summed E-state index contributed by atoms with van der Waals surface area (Å²) >= 11 is 0. The molecule has 7 nitrogen and oxygen atoms in total. The normalized spacial score (nSPS) is 16.5. The first-order valence-corrected chi connectivity index (χ1v) is 6.73. The Bertz CT molecular complexity index is 546. The number of carboxylic acid groups (broad SMARTS) is 1. The molecule has 1 aliphatic heterocycles. The maximum atomic E-state index is 12.4. The molecule has 0 aromatic heterocycles. The molecule has 1 aromatic carbocycles. The van der Waals surface area contributed by atoms with E-state index in [2.05, 4.69) is 0 Å². The number of hydrogen-bond acceptors (Lipinski definition) is 5. The number of benzene rings is 1. The van der Waals surface area contributed by atoms with Crippen LogP contribution >= 0.6 is 0 Å². The van der Waals surface area contributed by atoms with Crippen molar-refractivity contribution in [3.05, 3.63) is 23.8 Å². The highest BCUT2D eigenvalue weighted by molar-refractivity contribution is 5.97. The van der Waals surface area contributed by atoms with Crippen LogP contribution < -0.4 is 0 Å². The van der Waals surface area contributed by atoms with Crippen molar-refractivity contribution in [1.29, 1.82) is 0 Å². The van der Waals surface area contributed by atoms with E-state index in [1.807, 2.05) is 0 Å². The van der Waals surface area contributed by atoms with Crippen LogP contribution in [-0.4, -0.2) is 69.7 Å². The summed E-state index contributed by atoms with van der Waals surface area (Å²) < 4.78 is 0. The van der Waals surface area contributed by atoms with Crippen molar-refractivity contribution >= 4 is 11.9 Å². The van der Waals surface area contributed by atoms with Crippen molar-refractivity contribution in [1.82, 2.24) is 9.80 Å². The van der Waals surface area contributed by atoms with Gasteiger partial charge in [0.05, 0.1) is 12.1 Å². The molecule has 1 aromatic rings. The highest BCUT2D eigenvalue weighted by atomic mass is 16.4. The molecular formula is C14H18N2O5. The van der Waals surface area contributed by atoms with Crippen LogP contribution in [0.1, 0.15) is 16.8 Å². The van der Waals surface area contributed by atoms with Crippen LogP contribution in [0.15, 0.2) is 18.2 Å². The van der Waals surface area contributed by atoms with Gasteiger partial charge in [0.2, 0.25) is 0 Å². The Labute approximate surface area is 122 Å².